The molecule has 8 unspecified atom stereocenters. The molecule has 38 heavy (non-hydrogen) atoms. The fourth-order valence-corrected chi connectivity index (χ4v) is 17.7. The monoisotopic (exact) mass is 859 g/mol. The number of halogens is 3. The van der Waals surface area contributed by atoms with E-state index >= 15 is 0 Å². The van der Waals surface area contributed by atoms with E-state index in [2.05, 4.69) is 66.0 Å². The fourth-order valence-electron chi connectivity index (χ4n) is 9.94. The van der Waals surface area contributed by atoms with E-state index in [1.54, 1.807) is 6.08 Å². The van der Waals surface area contributed by atoms with Gasteiger partial charge in [-0.05, 0) is 0 Å². The van der Waals surface area contributed by atoms with Gasteiger partial charge in [0, 0.05) is 0 Å². The summed E-state index contributed by atoms with van der Waals surface area (Å²) in [7, 11) is 0. The zero-order chi connectivity index (χ0) is 28.1. The molecule has 0 aliphatic heterocycles. The van der Waals surface area contributed by atoms with Crippen molar-refractivity contribution in [1.29, 1.82) is 0 Å². The Bertz CT molecular complexity index is 1160. The number of carbonyl (C=O) groups excluding carboxylic acids is 3. The summed E-state index contributed by atoms with van der Waals surface area (Å²) < 4.78 is 0.704. The quantitative estimate of drug-likeness (QED) is 0.256. The van der Waals surface area contributed by atoms with Crippen molar-refractivity contribution >= 4 is 60.5 Å². The summed E-state index contributed by atoms with van der Waals surface area (Å²) in [6.07, 6.45) is 11.8. The van der Waals surface area contributed by atoms with Gasteiger partial charge in [-0.25, -0.2) is 0 Å². The third kappa shape index (κ3) is 3.63. The summed E-state index contributed by atoms with van der Waals surface area (Å²) in [5, 5.41) is 10.8. The standard InChI is InChI=1S/C31H42I3O4/c1-7-24(37)34-17-29-12-8-9-18(2)31(29,33)30(32)21(11-14-29)27(5)13-10-20-26(3,4)25(38)19(35)16-28(20,6)22(27)15-23(30)36/h15-16,18,20-21,35H,7-14,17H2,1-6H3/q-1. The topological polar surface area (TPSA) is 71.4 Å². The molecule has 5 rings (SSSR count). The molecule has 0 aromatic rings. The molecule has 7 heteroatoms. The number of rotatable bonds is 4. The first-order chi connectivity index (χ1) is 17.6. The SMILES string of the molecule is CCC(=O)[I-]CC12CCCC(C)C1(I)C1(I)C(=O)C=C3C4(C)C=C(O)C(=O)C(C)(C)C4CCC3(C)C1CC2. The average molecular weight is 859 g/mol. The Morgan fingerprint density at radius 1 is 1.05 bits per heavy atom. The van der Waals surface area contributed by atoms with Crippen LogP contribution in [-0.2, 0) is 14.4 Å². The fraction of sp³-hybridized carbons (Fsp3) is 0.774. The Balaban J connectivity index is 1.68. The van der Waals surface area contributed by atoms with Gasteiger partial charge >= 0.3 is 268 Å². The van der Waals surface area contributed by atoms with E-state index in [0.717, 1.165) is 48.5 Å². The predicted molar refractivity (Wildman–Crippen MR) is 163 cm³/mol. The molecular formula is C31H42I3O4-. The van der Waals surface area contributed by atoms with Gasteiger partial charge < -0.3 is 0 Å². The first-order valence-electron chi connectivity index (χ1n) is 14.3. The van der Waals surface area contributed by atoms with Crippen molar-refractivity contribution in [3.63, 3.8) is 0 Å². The van der Waals surface area contributed by atoms with Crippen LogP contribution in [0.4, 0.5) is 0 Å². The summed E-state index contributed by atoms with van der Waals surface area (Å²) in [5.41, 5.74) is -0.190. The summed E-state index contributed by atoms with van der Waals surface area (Å²) >= 11 is 4.81. The number of Topliss-reactive ketones (excluding diaryl/α,β-unsaturated/α-hetero) is 1. The molecule has 0 saturated heterocycles. The molecule has 5 aliphatic rings. The van der Waals surface area contributed by atoms with Gasteiger partial charge in [-0.2, -0.15) is 0 Å². The minimum atomic E-state index is -0.669. The van der Waals surface area contributed by atoms with Crippen molar-refractivity contribution in [3.05, 3.63) is 23.5 Å². The summed E-state index contributed by atoms with van der Waals surface area (Å²) in [4.78, 5) is 40.3. The van der Waals surface area contributed by atoms with Crippen LogP contribution in [0.5, 0.6) is 0 Å². The molecule has 5 aliphatic carbocycles. The first-order valence-corrected chi connectivity index (χ1v) is 19.1. The van der Waals surface area contributed by atoms with Crippen molar-refractivity contribution < 1.29 is 40.7 Å². The second-order valence-corrected chi connectivity index (χ2v) is 20.0. The normalized spacial score (nSPS) is 47.7. The van der Waals surface area contributed by atoms with E-state index in [9.17, 15) is 19.5 Å². The van der Waals surface area contributed by atoms with Crippen LogP contribution in [-0.4, -0.2) is 31.7 Å². The summed E-state index contributed by atoms with van der Waals surface area (Å²) in [6.45, 7) is 12.8. The molecule has 212 valence electrons. The van der Waals surface area contributed by atoms with Gasteiger partial charge in [-0.3, -0.25) is 0 Å². The number of aliphatic hydroxyl groups is 1. The molecule has 3 saturated carbocycles. The van der Waals surface area contributed by atoms with Gasteiger partial charge in [0.2, 0.25) is 0 Å². The summed E-state index contributed by atoms with van der Waals surface area (Å²) in [5.74, 6) is 0.569. The van der Waals surface area contributed by atoms with Gasteiger partial charge in [-0.1, -0.05) is 0 Å². The van der Waals surface area contributed by atoms with Crippen LogP contribution in [0.1, 0.15) is 92.9 Å². The Morgan fingerprint density at radius 3 is 2.37 bits per heavy atom. The maximum atomic E-state index is 14.7. The van der Waals surface area contributed by atoms with Crippen molar-refractivity contribution in [2.75, 3.05) is 4.43 Å². The zero-order valence-electron chi connectivity index (χ0n) is 23.6. The molecule has 0 aromatic carbocycles. The van der Waals surface area contributed by atoms with E-state index < -0.39 is 35.5 Å². The van der Waals surface area contributed by atoms with E-state index in [0.29, 0.717) is 16.1 Å². The number of allylic oxidation sites excluding steroid dienone is 4. The Morgan fingerprint density at radius 2 is 1.71 bits per heavy atom. The molecule has 0 aromatic heterocycles. The Hall–Kier alpha value is 0.480. The molecule has 0 bridgehead atoms. The average Bonchev–Trinajstić information content (AvgIpc) is 2.85. The second kappa shape index (κ2) is 9.49. The Labute approximate surface area is 265 Å². The number of alkyl halides is 3. The van der Waals surface area contributed by atoms with Crippen LogP contribution in [0.25, 0.3) is 0 Å². The van der Waals surface area contributed by atoms with Crippen LogP contribution in [0.3, 0.4) is 0 Å². The minimum absolute atomic E-state index is 0.0386. The van der Waals surface area contributed by atoms with Crippen LogP contribution in [0, 0.1) is 39.4 Å². The van der Waals surface area contributed by atoms with Crippen molar-refractivity contribution in [3.8, 4) is 0 Å². The van der Waals surface area contributed by atoms with Crippen LogP contribution >= 0.6 is 45.2 Å². The molecule has 4 nitrogen and oxygen atoms in total. The molecule has 3 fully saturated rings. The molecule has 1 N–H and O–H groups in total. The molecule has 0 radical (unpaired) electrons. The number of ketones is 2. The number of carbonyl (C=O) groups is 3. The molecule has 0 spiro atoms. The number of hydrogen-bond acceptors (Lipinski definition) is 4. The maximum absolute atomic E-state index is 14.7. The zero-order valence-corrected chi connectivity index (χ0v) is 30.0. The molecule has 8 atom stereocenters. The third-order valence-electron chi connectivity index (χ3n) is 11.8. The van der Waals surface area contributed by atoms with E-state index in [1.165, 1.54) is 6.42 Å². The number of aliphatic hydroxyl groups excluding tert-OH is 1. The van der Waals surface area contributed by atoms with E-state index in [1.807, 2.05) is 26.8 Å². The van der Waals surface area contributed by atoms with Gasteiger partial charge in [0.05, 0.1) is 0 Å². The van der Waals surface area contributed by atoms with Crippen LogP contribution in [0.15, 0.2) is 23.5 Å². The van der Waals surface area contributed by atoms with E-state index in [4.69, 9.17) is 0 Å². The predicted octanol–water partition coefficient (Wildman–Crippen LogP) is 4.56. The van der Waals surface area contributed by atoms with Crippen LogP contribution in [0.2, 0.25) is 0 Å². The molecule has 0 heterocycles. The van der Waals surface area contributed by atoms with Crippen molar-refractivity contribution in [2.45, 2.75) is 99.8 Å². The van der Waals surface area contributed by atoms with Crippen molar-refractivity contribution in [1.82, 2.24) is 0 Å². The van der Waals surface area contributed by atoms with Gasteiger partial charge in [0.15, 0.2) is 0 Å². The molecular weight excluding hydrogens is 817 g/mol. The summed E-state index contributed by atoms with van der Waals surface area (Å²) in [6, 6.07) is 0. The third-order valence-corrected chi connectivity index (χ3v) is 21.5. The second-order valence-electron chi connectivity index (χ2n) is 13.9. The first kappa shape index (κ1) is 30.0. The van der Waals surface area contributed by atoms with Gasteiger partial charge in [-0.15, -0.1) is 0 Å². The van der Waals surface area contributed by atoms with Gasteiger partial charge in [0.1, 0.15) is 0 Å². The number of fused-ring (bicyclic) bond motifs is 7. The Kier molecular flexibility index (Phi) is 7.48. The molecule has 0 amide bonds. The van der Waals surface area contributed by atoms with Crippen LogP contribution < -0.4 is 21.2 Å². The van der Waals surface area contributed by atoms with Crippen molar-refractivity contribution in [2.24, 2.45) is 39.4 Å². The van der Waals surface area contributed by atoms with Gasteiger partial charge in [0.25, 0.3) is 0 Å². The van der Waals surface area contributed by atoms with E-state index in [-0.39, 0.29) is 43.4 Å². The number of hydrogen-bond donors (Lipinski definition) is 1.